The Hall–Kier alpha value is -1.83. The Morgan fingerprint density at radius 3 is 2.64 bits per heavy atom. The van der Waals surface area contributed by atoms with Crippen molar-refractivity contribution in [3.63, 3.8) is 0 Å². The lowest BCUT2D eigenvalue weighted by Gasteiger charge is -2.21. The van der Waals surface area contributed by atoms with E-state index < -0.39 is 10.2 Å². The van der Waals surface area contributed by atoms with Crippen molar-refractivity contribution in [3.05, 3.63) is 65.7 Å². The van der Waals surface area contributed by atoms with Gasteiger partial charge in [-0.1, -0.05) is 24.3 Å². The zero-order valence-electron chi connectivity index (χ0n) is 12.2. The fourth-order valence-electron chi connectivity index (χ4n) is 2.05. The number of halogens is 1. The third-order valence-electron chi connectivity index (χ3n) is 3.27. The molecule has 2 aromatic rings. The van der Waals surface area contributed by atoms with Crippen LogP contribution in [0.2, 0.25) is 0 Å². The minimum atomic E-state index is -3.61. The van der Waals surface area contributed by atoms with Crippen molar-refractivity contribution >= 4 is 10.2 Å². The highest BCUT2D eigenvalue weighted by Crippen LogP contribution is 2.12. The highest BCUT2D eigenvalue weighted by molar-refractivity contribution is 7.87. The number of nitrogens with zero attached hydrogens (tertiary/aromatic N) is 2. The lowest BCUT2D eigenvalue weighted by atomic mass is 10.1. The van der Waals surface area contributed by atoms with Crippen molar-refractivity contribution in [3.8, 4) is 0 Å². The molecule has 0 bridgehead atoms. The summed E-state index contributed by atoms with van der Waals surface area (Å²) in [6.45, 7) is 0.366. The summed E-state index contributed by atoms with van der Waals surface area (Å²) in [5.41, 5.74) is 1.26. The van der Waals surface area contributed by atoms with E-state index in [1.807, 2.05) is 0 Å². The summed E-state index contributed by atoms with van der Waals surface area (Å²) < 4.78 is 41.4. The van der Waals surface area contributed by atoms with Gasteiger partial charge in [0, 0.05) is 32.5 Å². The van der Waals surface area contributed by atoms with Gasteiger partial charge in [-0.2, -0.15) is 12.7 Å². The van der Waals surface area contributed by atoms with E-state index in [1.54, 1.807) is 42.7 Å². The summed E-state index contributed by atoms with van der Waals surface area (Å²) in [4.78, 5) is 3.98. The van der Waals surface area contributed by atoms with Gasteiger partial charge < -0.3 is 0 Å². The van der Waals surface area contributed by atoms with Crippen LogP contribution in [0.5, 0.6) is 0 Å². The smallest absolute Gasteiger partial charge is 0.264 e. The maximum Gasteiger partial charge on any atom is 0.279 e. The molecule has 0 saturated carbocycles. The van der Waals surface area contributed by atoms with E-state index in [0.29, 0.717) is 12.0 Å². The van der Waals surface area contributed by atoms with Crippen LogP contribution in [0.3, 0.4) is 0 Å². The van der Waals surface area contributed by atoms with Crippen molar-refractivity contribution in [2.75, 3.05) is 13.6 Å². The summed E-state index contributed by atoms with van der Waals surface area (Å²) in [5.74, 6) is -0.328. The molecule has 1 heterocycles. The number of rotatable bonds is 7. The molecule has 1 N–H and O–H groups in total. The molecular weight excluding hydrogens is 305 g/mol. The Labute approximate surface area is 130 Å². The summed E-state index contributed by atoms with van der Waals surface area (Å²) in [6, 6.07) is 9.91. The Morgan fingerprint density at radius 1 is 1.23 bits per heavy atom. The minimum absolute atomic E-state index is 0.180. The molecule has 0 fully saturated rings. The molecule has 2 rings (SSSR count). The van der Waals surface area contributed by atoms with Crippen LogP contribution < -0.4 is 4.72 Å². The Morgan fingerprint density at radius 2 is 2.00 bits per heavy atom. The average molecular weight is 323 g/mol. The zero-order chi connectivity index (χ0) is 16.0. The van der Waals surface area contributed by atoms with E-state index >= 15 is 0 Å². The molecule has 5 nitrogen and oxygen atoms in total. The normalized spacial score (nSPS) is 11.8. The Bertz CT molecular complexity index is 708. The maximum absolute atomic E-state index is 13.7. The molecule has 0 aliphatic heterocycles. The minimum Gasteiger partial charge on any atom is -0.264 e. The van der Waals surface area contributed by atoms with Crippen LogP contribution in [0.1, 0.15) is 11.1 Å². The highest BCUT2D eigenvalue weighted by Gasteiger charge is 2.20. The van der Waals surface area contributed by atoms with Crippen LogP contribution in [0.4, 0.5) is 4.39 Å². The first-order valence-corrected chi connectivity index (χ1v) is 8.28. The zero-order valence-corrected chi connectivity index (χ0v) is 13.1. The second kappa shape index (κ2) is 7.44. The molecule has 0 saturated heterocycles. The molecule has 0 radical (unpaired) electrons. The number of pyridine rings is 1. The quantitative estimate of drug-likeness (QED) is 0.844. The number of aromatic nitrogens is 1. The number of hydrogen-bond donors (Lipinski definition) is 1. The molecule has 0 aliphatic carbocycles. The fourth-order valence-corrected chi connectivity index (χ4v) is 2.96. The van der Waals surface area contributed by atoms with E-state index in [2.05, 4.69) is 9.71 Å². The molecule has 118 valence electrons. The first-order chi connectivity index (χ1) is 10.5. The topological polar surface area (TPSA) is 62.3 Å². The standard InChI is InChI=1S/C15H18FN3O2S/c1-17-22(20,21)19(12-13-5-4-9-18-11-13)10-8-14-6-2-3-7-15(14)16/h2-7,9,11,17H,8,10,12H2,1H3. The second-order valence-electron chi connectivity index (χ2n) is 4.75. The van der Waals surface area contributed by atoms with Gasteiger partial charge in [-0.25, -0.2) is 9.11 Å². The molecule has 1 aromatic carbocycles. The Balaban J connectivity index is 2.14. The van der Waals surface area contributed by atoms with Crippen LogP contribution in [0, 0.1) is 5.82 Å². The summed E-state index contributed by atoms with van der Waals surface area (Å²) >= 11 is 0. The predicted molar refractivity (Wildman–Crippen MR) is 82.7 cm³/mol. The predicted octanol–water partition coefficient (Wildman–Crippen LogP) is 1.73. The van der Waals surface area contributed by atoms with Crippen molar-refractivity contribution < 1.29 is 12.8 Å². The molecule has 0 unspecified atom stereocenters. The van der Waals surface area contributed by atoms with E-state index in [0.717, 1.165) is 5.56 Å². The molecule has 0 aliphatic rings. The van der Waals surface area contributed by atoms with E-state index in [-0.39, 0.29) is 18.9 Å². The van der Waals surface area contributed by atoms with Gasteiger partial charge in [0.2, 0.25) is 0 Å². The maximum atomic E-state index is 13.7. The van der Waals surface area contributed by atoms with Gasteiger partial charge in [-0.15, -0.1) is 0 Å². The average Bonchev–Trinajstić information content (AvgIpc) is 2.53. The lowest BCUT2D eigenvalue weighted by Crippen LogP contribution is -2.39. The van der Waals surface area contributed by atoms with Gasteiger partial charge in [0.1, 0.15) is 5.82 Å². The summed E-state index contributed by atoms with van der Waals surface area (Å²) in [5, 5.41) is 0. The monoisotopic (exact) mass is 323 g/mol. The Kier molecular flexibility index (Phi) is 5.59. The van der Waals surface area contributed by atoms with Gasteiger partial charge in [-0.3, -0.25) is 4.98 Å². The van der Waals surface area contributed by atoms with Crippen LogP contribution in [0.25, 0.3) is 0 Å². The van der Waals surface area contributed by atoms with E-state index in [9.17, 15) is 12.8 Å². The van der Waals surface area contributed by atoms with Crippen LogP contribution in [0.15, 0.2) is 48.8 Å². The van der Waals surface area contributed by atoms with Crippen LogP contribution in [-0.2, 0) is 23.2 Å². The van der Waals surface area contributed by atoms with E-state index in [4.69, 9.17) is 0 Å². The molecule has 0 atom stereocenters. The molecule has 0 amide bonds. The van der Waals surface area contributed by atoms with Crippen molar-refractivity contribution in [1.29, 1.82) is 0 Å². The van der Waals surface area contributed by atoms with Gasteiger partial charge >= 0.3 is 0 Å². The van der Waals surface area contributed by atoms with Crippen molar-refractivity contribution in [2.24, 2.45) is 0 Å². The number of nitrogens with one attached hydrogen (secondary N) is 1. The summed E-state index contributed by atoms with van der Waals surface area (Å²) in [6.07, 6.45) is 3.54. The fraction of sp³-hybridized carbons (Fsp3) is 0.267. The van der Waals surface area contributed by atoms with Gasteiger partial charge in [0.05, 0.1) is 0 Å². The third kappa shape index (κ3) is 4.33. The largest absolute Gasteiger partial charge is 0.279 e. The first-order valence-electron chi connectivity index (χ1n) is 6.84. The molecular formula is C15H18FN3O2S. The van der Waals surface area contributed by atoms with Gasteiger partial charge in [0.25, 0.3) is 10.2 Å². The van der Waals surface area contributed by atoms with Crippen LogP contribution in [-0.4, -0.2) is 31.3 Å². The molecule has 22 heavy (non-hydrogen) atoms. The van der Waals surface area contributed by atoms with Crippen molar-refractivity contribution in [2.45, 2.75) is 13.0 Å². The lowest BCUT2D eigenvalue weighted by molar-refractivity contribution is 0.401. The second-order valence-corrected chi connectivity index (χ2v) is 6.62. The molecule has 1 aromatic heterocycles. The number of benzene rings is 1. The highest BCUT2D eigenvalue weighted by atomic mass is 32.2. The molecule has 7 heteroatoms. The van der Waals surface area contributed by atoms with Crippen LogP contribution >= 0.6 is 0 Å². The number of hydrogen-bond acceptors (Lipinski definition) is 3. The van der Waals surface area contributed by atoms with Crippen molar-refractivity contribution in [1.82, 2.24) is 14.0 Å². The van der Waals surface area contributed by atoms with Gasteiger partial charge in [-0.05, 0) is 29.7 Å². The first kappa shape index (κ1) is 16.5. The third-order valence-corrected chi connectivity index (χ3v) is 4.78. The van der Waals surface area contributed by atoms with E-state index in [1.165, 1.54) is 17.4 Å². The SMILES string of the molecule is CNS(=O)(=O)N(CCc1ccccc1F)Cc1cccnc1. The van der Waals surface area contributed by atoms with Gasteiger partial charge in [0.15, 0.2) is 0 Å². The molecule has 0 spiro atoms. The summed E-state index contributed by atoms with van der Waals surface area (Å²) in [7, 11) is -2.25.